The van der Waals surface area contributed by atoms with Crippen LogP contribution in [0.25, 0.3) is 0 Å². The number of benzene rings is 1. The van der Waals surface area contributed by atoms with Crippen molar-refractivity contribution in [2.24, 2.45) is 4.99 Å². The SMILES string of the molecule is CCNC(=NCC(c1ccc(F)cc1)N1CCOCC1)NCCOCCOC.I. The van der Waals surface area contributed by atoms with Gasteiger partial charge in [-0.25, -0.2) is 4.39 Å². The fourth-order valence-corrected chi connectivity index (χ4v) is 3.01. The molecule has 29 heavy (non-hydrogen) atoms. The number of rotatable bonds is 11. The summed E-state index contributed by atoms with van der Waals surface area (Å²) in [6.07, 6.45) is 0. The summed E-state index contributed by atoms with van der Waals surface area (Å²) in [6, 6.07) is 6.78. The van der Waals surface area contributed by atoms with E-state index in [-0.39, 0.29) is 35.8 Å². The molecule has 0 radical (unpaired) electrons. The van der Waals surface area contributed by atoms with Gasteiger partial charge < -0.3 is 24.8 Å². The standard InChI is InChI=1S/C20H33FN4O3.HI/c1-3-22-20(23-8-11-27-15-14-26-2)24-16-19(25-9-12-28-13-10-25)17-4-6-18(21)7-5-17;/h4-7,19H,3,8-16H2,1-2H3,(H2,22,23,24);1H. The maximum atomic E-state index is 13.4. The zero-order chi connectivity index (χ0) is 20.0. The van der Waals surface area contributed by atoms with Gasteiger partial charge in [0.25, 0.3) is 0 Å². The Morgan fingerprint density at radius 1 is 1.17 bits per heavy atom. The smallest absolute Gasteiger partial charge is 0.191 e. The molecule has 1 aromatic carbocycles. The molecule has 1 unspecified atom stereocenters. The Labute approximate surface area is 190 Å². The minimum absolute atomic E-state index is 0. The van der Waals surface area contributed by atoms with Crippen molar-refractivity contribution in [2.75, 3.05) is 72.9 Å². The lowest BCUT2D eigenvalue weighted by atomic mass is 10.0. The van der Waals surface area contributed by atoms with Crippen LogP contribution in [-0.4, -0.2) is 83.7 Å². The molecule has 1 heterocycles. The van der Waals surface area contributed by atoms with Crippen LogP contribution in [-0.2, 0) is 14.2 Å². The summed E-state index contributed by atoms with van der Waals surface area (Å²) in [4.78, 5) is 7.10. The molecular formula is C20H34FIN4O3. The summed E-state index contributed by atoms with van der Waals surface area (Å²) in [6.45, 7) is 8.89. The highest BCUT2D eigenvalue weighted by molar-refractivity contribution is 14.0. The van der Waals surface area contributed by atoms with Crippen molar-refractivity contribution in [3.05, 3.63) is 35.6 Å². The van der Waals surface area contributed by atoms with Gasteiger partial charge in [-0.1, -0.05) is 12.1 Å². The maximum Gasteiger partial charge on any atom is 0.191 e. The fraction of sp³-hybridized carbons (Fsp3) is 0.650. The molecule has 1 saturated heterocycles. The van der Waals surface area contributed by atoms with Crippen molar-refractivity contribution in [3.63, 3.8) is 0 Å². The molecule has 0 spiro atoms. The minimum Gasteiger partial charge on any atom is -0.382 e. The monoisotopic (exact) mass is 524 g/mol. The van der Waals surface area contributed by atoms with E-state index in [0.29, 0.717) is 46.1 Å². The zero-order valence-corrected chi connectivity index (χ0v) is 19.7. The Morgan fingerprint density at radius 2 is 1.90 bits per heavy atom. The number of morpholine rings is 1. The van der Waals surface area contributed by atoms with Crippen molar-refractivity contribution < 1.29 is 18.6 Å². The maximum absolute atomic E-state index is 13.4. The van der Waals surface area contributed by atoms with Crippen molar-refractivity contribution in [1.29, 1.82) is 0 Å². The van der Waals surface area contributed by atoms with Gasteiger partial charge in [0.2, 0.25) is 0 Å². The fourth-order valence-electron chi connectivity index (χ4n) is 3.01. The Balaban J connectivity index is 0.00000420. The van der Waals surface area contributed by atoms with Crippen molar-refractivity contribution in [3.8, 4) is 0 Å². The van der Waals surface area contributed by atoms with Crippen LogP contribution in [0, 0.1) is 5.82 Å². The number of nitrogens with one attached hydrogen (secondary N) is 2. The average molecular weight is 524 g/mol. The zero-order valence-electron chi connectivity index (χ0n) is 17.4. The molecule has 2 rings (SSSR count). The van der Waals surface area contributed by atoms with Gasteiger partial charge in [0.05, 0.1) is 45.6 Å². The van der Waals surface area contributed by atoms with E-state index in [2.05, 4.69) is 15.5 Å². The molecule has 1 atom stereocenters. The summed E-state index contributed by atoms with van der Waals surface area (Å²) in [5.74, 6) is 0.523. The normalized spacial score (nSPS) is 16.2. The number of hydrogen-bond donors (Lipinski definition) is 2. The minimum atomic E-state index is -0.226. The van der Waals surface area contributed by atoms with E-state index >= 15 is 0 Å². The number of guanidine groups is 1. The average Bonchev–Trinajstić information content (AvgIpc) is 2.72. The molecule has 0 aliphatic carbocycles. The van der Waals surface area contributed by atoms with E-state index in [1.807, 2.05) is 19.1 Å². The van der Waals surface area contributed by atoms with Gasteiger partial charge in [-0.05, 0) is 24.6 Å². The predicted octanol–water partition coefficient (Wildman–Crippen LogP) is 2.04. The second kappa shape index (κ2) is 15.8. The van der Waals surface area contributed by atoms with Gasteiger partial charge in [0.1, 0.15) is 5.82 Å². The Morgan fingerprint density at radius 3 is 2.55 bits per heavy atom. The van der Waals surface area contributed by atoms with E-state index in [1.165, 1.54) is 12.1 Å². The highest BCUT2D eigenvalue weighted by Crippen LogP contribution is 2.22. The van der Waals surface area contributed by atoms with E-state index in [4.69, 9.17) is 19.2 Å². The molecule has 0 aromatic heterocycles. The molecule has 9 heteroatoms. The molecular weight excluding hydrogens is 490 g/mol. The Kier molecular flexibility index (Phi) is 14.2. The molecule has 7 nitrogen and oxygen atoms in total. The molecule has 2 N–H and O–H groups in total. The lowest BCUT2D eigenvalue weighted by molar-refractivity contribution is 0.0179. The van der Waals surface area contributed by atoms with Crippen molar-refractivity contribution in [2.45, 2.75) is 13.0 Å². The van der Waals surface area contributed by atoms with Crippen LogP contribution < -0.4 is 10.6 Å². The molecule has 0 bridgehead atoms. The molecule has 1 aromatic rings. The van der Waals surface area contributed by atoms with E-state index < -0.39 is 0 Å². The lowest BCUT2D eigenvalue weighted by Crippen LogP contribution is -2.42. The molecule has 0 saturated carbocycles. The topological polar surface area (TPSA) is 67.4 Å². The number of ether oxygens (including phenoxy) is 3. The van der Waals surface area contributed by atoms with Gasteiger partial charge in [-0.3, -0.25) is 9.89 Å². The summed E-state index contributed by atoms with van der Waals surface area (Å²) in [7, 11) is 1.66. The third-order valence-electron chi connectivity index (χ3n) is 4.48. The van der Waals surface area contributed by atoms with Crippen LogP contribution in [0.2, 0.25) is 0 Å². The molecule has 166 valence electrons. The molecule has 1 fully saturated rings. The number of methoxy groups -OCH3 is 1. The van der Waals surface area contributed by atoms with Crippen LogP contribution in [0.5, 0.6) is 0 Å². The lowest BCUT2D eigenvalue weighted by Gasteiger charge is -2.34. The Bertz CT molecular complexity index is 571. The van der Waals surface area contributed by atoms with Gasteiger partial charge in [-0.15, -0.1) is 24.0 Å². The number of aliphatic imine (C=N–C) groups is 1. The van der Waals surface area contributed by atoms with E-state index in [1.54, 1.807) is 7.11 Å². The highest BCUT2D eigenvalue weighted by Gasteiger charge is 2.22. The predicted molar refractivity (Wildman–Crippen MR) is 124 cm³/mol. The first-order valence-electron chi connectivity index (χ1n) is 9.90. The summed E-state index contributed by atoms with van der Waals surface area (Å²) in [5, 5.41) is 6.55. The van der Waals surface area contributed by atoms with Crippen LogP contribution >= 0.6 is 24.0 Å². The summed E-state index contributed by atoms with van der Waals surface area (Å²) in [5.41, 5.74) is 1.06. The molecule has 0 amide bonds. The highest BCUT2D eigenvalue weighted by atomic mass is 127. The Hall–Kier alpha value is -1.01. The van der Waals surface area contributed by atoms with Crippen LogP contribution in [0.1, 0.15) is 18.5 Å². The first-order chi connectivity index (χ1) is 13.7. The van der Waals surface area contributed by atoms with Crippen molar-refractivity contribution in [1.82, 2.24) is 15.5 Å². The van der Waals surface area contributed by atoms with Gasteiger partial charge in [0.15, 0.2) is 5.96 Å². The van der Waals surface area contributed by atoms with Gasteiger partial charge in [0, 0.05) is 33.3 Å². The number of nitrogens with zero attached hydrogens (tertiary/aromatic N) is 2. The molecule has 1 aliphatic heterocycles. The third kappa shape index (κ3) is 10.0. The quantitative estimate of drug-likeness (QED) is 0.200. The summed E-state index contributed by atoms with van der Waals surface area (Å²) >= 11 is 0. The summed E-state index contributed by atoms with van der Waals surface area (Å²) < 4.78 is 29.3. The van der Waals surface area contributed by atoms with Gasteiger partial charge in [-0.2, -0.15) is 0 Å². The van der Waals surface area contributed by atoms with Crippen molar-refractivity contribution >= 4 is 29.9 Å². The number of hydrogen-bond acceptors (Lipinski definition) is 5. The first kappa shape index (κ1) is 26.0. The second-order valence-electron chi connectivity index (χ2n) is 6.47. The van der Waals surface area contributed by atoms with E-state index in [9.17, 15) is 4.39 Å². The molecule has 1 aliphatic rings. The largest absolute Gasteiger partial charge is 0.382 e. The number of halogens is 2. The van der Waals surface area contributed by atoms with Crippen LogP contribution in [0.15, 0.2) is 29.3 Å². The van der Waals surface area contributed by atoms with E-state index in [0.717, 1.165) is 31.2 Å². The van der Waals surface area contributed by atoms with Crippen LogP contribution in [0.4, 0.5) is 4.39 Å². The van der Waals surface area contributed by atoms with Gasteiger partial charge >= 0.3 is 0 Å². The third-order valence-corrected chi connectivity index (χ3v) is 4.48. The van der Waals surface area contributed by atoms with Crippen LogP contribution in [0.3, 0.4) is 0 Å². The first-order valence-corrected chi connectivity index (χ1v) is 9.90. The second-order valence-corrected chi connectivity index (χ2v) is 6.47.